The molecule has 1 aromatic carbocycles. The van der Waals surface area contributed by atoms with Crippen molar-refractivity contribution >= 4 is 30.0 Å². The summed E-state index contributed by atoms with van der Waals surface area (Å²) in [7, 11) is 0. The molecule has 128 valence electrons. The van der Waals surface area contributed by atoms with Gasteiger partial charge in [0, 0.05) is 13.0 Å². The molecule has 0 spiro atoms. The Morgan fingerprint density at radius 3 is 1.92 bits per heavy atom. The van der Waals surface area contributed by atoms with Crippen LogP contribution in [0.15, 0.2) is 30.3 Å². The number of esters is 2. The number of carbonyl (C=O) groups excluding carboxylic acids is 2. The van der Waals surface area contributed by atoms with Gasteiger partial charge in [-0.2, -0.15) is 0 Å². The maximum atomic E-state index is 11.7. The summed E-state index contributed by atoms with van der Waals surface area (Å²) < 4.78 is 8.91. The fourth-order valence-electron chi connectivity index (χ4n) is 1.58. The van der Waals surface area contributed by atoms with Crippen LogP contribution < -0.4 is 0 Å². The molecule has 2 atom stereocenters. The predicted molar refractivity (Wildman–Crippen MR) is 77.8 cm³/mol. The molecule has 0 amide bonds. The van der Waals surface area contributed by atoms with E-state index in [-0.39, 0.29) is 5.75 Å². The van der Waals surface area contributed by atoms with Gasteiger partial charge < -0.3 is 24.8 Å². The number of carbonyl (C=O) groups is 4. The first-order chi connectivity index (χ1) is 11.2. The molecule has 0 aromatic heterocycles. The second-order valence-corrected chi connectivity index (χ2v) is 4.49. The van der Waals surface area contributed by atoms with E-state index in [1.54, 1.807) is 0 Å². The second kappa shape index (κ2) is 8.32. The number of phenols is 1. The number of ether oxygens (including phenoxy) is 2. The highest BCUT2D eigenvalue weighted by Crippen LogP contribution is 2.12. The maximum Gasteiger partial charge on any atom is 0.349 e. The van der Waals surface area contributed by atoms with Crippen molar-refractivity contribution in [3.63, 3.8) is 0 Å². The largest absolute Gasteiger partial charge is 0.508 e. The van der Waals surface area contributed by atoms with E-state index >= 15 is 0 Å². The number of aliphatic carboxylic acids is 2. The first-order valence-corrected chi connectivity index (χ1v) is 6.51. The van der Waals surface area contributed by atoms with Crippen LogP contribution in [0.25, 0.3) is 6.08 Å². The lowest BCUT2D eigenvalue weighted by atomic mass is 10.2. The monoisotopic (exact) mass is 338 g/mol. The van der Waals surface area contributed by atoms with Gasteiger partial charge >= 0.3 is 23.9 Å². The molecule has 0 saturated heterocycles. The van der Waals surface area contributed by atoms with Crippen LogP contribution in [0.4, 0.5) is 0 Å². The Labute approximate surface area is 135 Å². The topological polar surface area (TPSA) is 147 Å². The molecule has 0 aliphatic rings. The minimum Gasteiger partial charge on any atom is -0.508 e. The Morgan fingerprint density at radius 2 is 1.46 bits per heavy atom. The third kappa shape index (κ3) is 5.79. The quantitative estimate of drug-likeness (QED) is 0.475. The van der Waals surface area contributed by atoms with E-state index in [9.17, 15) is 19.2 Å². The van der Waals surface area contributed by atoms with E-state index in [1.165, 1.54) is 30.3 Å². The summed E-state index contributed by atoms with van der Waals surface area (Å²) in [5, 5.41) is 27.0. The molecule has 0 heterocycles. The van der Waals surface area contributed by atoms with Crippen molar-refractivity contribution in [1.29, 1.82) is 0 Å². The van der Waals surface area contributed by atoms with Crippen molar-refractivity contribution in [1.82, 2.24) is 0 Å². The van der Waals surface area contributed by atoms with E-state index in [2.05, 4.69) is 9.47 Å². The highest BCUT2D eigenvalue weighted by atomic mass is 16.6. The van der Waals surface area contributed by atoms with E-state index in [4.69, 9.17) is 15.3 Å². The van der Waals surface area contributed by atoms with Crippen molar-refractivity contribution in [2.24, 2.45) is 0 Å². The summed E-state index contributed by atoms with van der Waals surface area (Å²) >= 11 is 0. The molecule has 0 bridgehead atoms. The molecule has 0 saturated carbocycles. The van der Waals surface area contributed by atoms with Gasteiger partial charge in [0.1, 0.15) is 5.75 Å². The van der Waals surface area contributed by atoms with Gasteiger partial charge in [0.15, 0.2) is 0 Å². The molecule has 0 aliphatic heterocycles. The molecule has 9 nitrogen and oxygen atoms in total. The number of carboxylic acids is 2. The molecule has 1 rings (SSSR count). The highest BCUT2D eigenvalue weighted by Gasteiger charge is 2.39. The predicted octanol–water partition coefficient (Wildman–Crippen LogP) is 0.418. The number of rotatable bonds is 7. The van der Waals surface area contributed by atoms with E-state index in [1.807, 2.05) is 0 Å². The van der Waals surface area contributed by atoms with Crippen LogP contribution in [0, 0.1) is 0 Å². The molecule has 3 N–H and O–H groups in total. The van der Waals surface area contributed by atoms with Gasteiger partial charge in [-0.25, -0.2) is 14.4 Å². The molecular weight excluding hydrogens is 324 g/mol. The number of carboxylic acid groups (broad SMARTS) is 2. The van der Waals surface area contributed by atoms with Gasteiger partial charge in [-0.15, -0.1) is 0 Å². The lowest BCUT2D eigenvalue weighted by Gasteiger charge is -2.19. The van der Waals surface area contributed by atoms with Gasteiger partial charge in [-0.1, -0.05) is 12.1 Å². The minimum atomic E-state index is -2.21. The van der Waals surface area contributed by atoms with Crippen molar-refractivity contribution in [3.8, 4) is 5.75 Å². The standard InChI is InChI=1S/C15H14O9/c1-8(16)23-12(14(19)20)13(15(21)22)24-11(18)7-4-9-2-5-10(17)6-3-9/h2-7,12-13,17H,1H3,(H,19,20)(H,21,22)/t12-,13+/m0/s1. The maximum absolute atomic E-state index is 11.7. The number of phenolic OH excluding ortho intramolecular Hbond substituents is 1. The normalized spacial score (nSPS) is 13.0. The van der Waals surface area contributed by atoms with Gasteiger partial charge in [0.25, 0.3) is 0 Å². The average Bonchev–Trinajstić information content (AvgIpc) is 2.49. The van der Waals surface area contributed by atoms with E-state index < -0.39 is 36.1 Å². The number of hydrogen-bond donors (Lipinski definition) is 3. The zero-order valence-corrected chi connectivity index (χ0v) is 12.4. The summed E-state index contributed by atoms with van der Waals surface area (Å²) in [6, 6.07) is 5.69. The summed E-state index contributed by atoms with van der Waals surface area (Å²) in [4.78, 5) is 44.6. The van der Waals surface area contributed by atoms with Crippen LogP contribution in [0.2, 0.25) is 0 Å². The summed E-state index contributed by atoms with van der Waals surface area (Å²) in [6.45, 7) is 0.890. The summed E-state index contributed by atoms with van der Waals surface area (Å²) in [5.41, 5.74) is 0.506. The van der Waals surface area contributed by atoms with E-state index in [0.717, 1.165) is 13.0 Å². The van der Waals surface area contributed by atoms with Crippen LogP contribution in [0.3, 0.4) is 0 Å². The van der Waals surface area contributed by atoms with Gasteiger partial charge in [-0.3, -0.25) is 4.79 Å². The fourth-order valence-corrected chi connectivity index (χ4v) is 1.58. The molecule has 0 radical (unpaired) electrons. The molecule has 0 fully saturated rings. The smallest absolute Gasteiger partial charge is 0.349 e. The number of benzene rings is 1. The highest BCUT2D eigenvalue weighted by molar-refractivity contribution is 5.91. The number of aromatic hydroxyl groups is 1. The van der Waals surface area contributed by atoms with Crippen LogP contribution in [-0.2, 0) is 28.7 Å². The first kappa shape index (κ1) is 18.7. The first-order valence-electron chi connectivity index (χ1n) is 6.51. The average molecular weight is 338 g/mol. The van der Waals surface area contributed by atoms with Crippen LogP contribution in [-0.4, -0.2) is 51.4 Å². The third-order valence-electron chi connectivity index (χ3n) is 2.60. The molecule has 1 aromatic rings. The minimum absolute atomic E-state index is 0.0198. The second-order valence-electron chi connectivity index (χ2n) is 4.49. The van der Waals surface area contributed by atoms with E-state index in [0.29, 0.717) is 5.56 Å². The Morgan fingerprint density at radius 1 is 0.958 bits per heavy atom. The van der Waals surface area contributed by atoms with Crippen LogP contribution >= 0.6 is 0 Å². The lowest BCUT2D eigenvalue weighted by Crippen LogP contribution is -2.45. The zero-order valence-electron chi connectivity index (χ0n) is 12.4. The van der Waals surface area contributed by atoms with Crippen molar-refractivity contribution in [3.05, 3.63) is 35.9 Å². The molecule has 0 unspecified atom stereocenters. The van der Waals surface area contributed by atoms with Gasteiger partial charge in [-0.05, 0) is 23.8 Å². The Balaban J connectivity index is 2.85. The Kier molecular flexibility index (Phi) is 6.48. The number of hydrogen-bond acceptors (Lipinski definition) is 7. The van der Waals surface area contributed by atoms with Gasteiger partial charge in [0.2, 0.25) is 12.2 Å². The summed E-state index contributed by atoms with van der Waals surface area (Å²) in [6.07, 6.45) is -2.24. The fraction of sp³-hybridized carbons (Fsp3) is 0.200. The van der Waals surface area contributed by atoms with Crippen molar-refractivity contribution < 1.29 is 44.0 Å². The third-order valence-corrected chi connectivity index (χ3v) is 2.60. The molecule has 24 heavy (non-hydrogen) atoms. The van der Waals surface area contributed by atoms with Crippen molar-refractivity contribution in [2.45, 2.75) is 19.1 Å². The van der Waals surface area contributed by atoms with Gasteiger partial charge in [0.05, 0.1) is 0 Å². The van der Waals surface area contributed by atoms with Crippen LogP contribution in [0.5, 0.6) is 5.75 Å². The zero-order chi connectivity index (χ0) is 18.3. The Bertz CT molecular complexity index is 660. The molecule has 0 aliphatic carbocycles. The summed E-state index contributed by atoms with van der Waals surface area (Å²) in [5.74, 6) is -5.72. The molecule has 9 heteroatoms. The lowest BCUT2D eigenvalue weighted by molar-refractivity contribution is -0.184. The molecular formula is C15H14O9. The SMILES string of the molecule is CC(=O)O[C@H](C(=O)O)[C@@H](OC(=O)C=Cc1ccc(O)cc1)C(=O)O. The Hall–Kier alpha value is -3.36. The van der Waals surface area contributed by atoms with Crippen molar-refractivity contribution in [2.75, 3.05) is 0 Å². The van der Waals surface area contributed by atoms with Crippen LogP contribution in [0.1, 0.15) is 12.5 Å².